The first kappa shape index (κ1) is 16.1. The Balaban J connectivity index is 2.49. The molecule has 6 heteroatoms. The van der Waals surface area contributed by atoms with Crippen molar-refractivity contribution in [3.63, 3.8) is 0 Å². The van der Waals surface area contributed by atoms with Crippen LogP contribution in [0.4, 0.5) is 0 Å². The van der Waals surface area contributed by atoms with Crippen molar-refractivity contribution in [2.45, 2.75) is 19.4 Å². The van der Waals surface area contributed by atoms with Crippen LogP contribution in [0, 0.1) is 6.92 Å². The Morgan fingerprint density at radius 1 is 1.15 bits per heavy atom. The summed E-state index contributed by atoms with van der Waals surface area (Å²) in [5.74, 6) is -0.828. The van der Waals surface area contributed by atoms with Crippen molar-refractivity contribution in [1.29, 1.82) is 0 Å². The van der Waals surface area contributed by atoms with Crippen molar-refractivity contribution >= 4 is 11.8 Å². The van der Waals surface area contributed by atoms with Crippen LogP contribution in [0.2, 0.25) is 0 Å². The average Bonchev–Trinajstić information content (AvgIpc) is 2.45. The molecular weight excluding hydrogens is 260 g/mol. The minimum atomic E-state index is -1.09. The van der Waals surface area contributed by atoms with Gasteiger partial charge in [0, 0.05) is 5.56 Å². The van der Waals surface area contributed by atoms with Crippen molar-refractivity contribution in [1.82, 2.24) is 10.6 Å². The molecule has 0 aliphatic heterocycles. The van der Waals surface area contributed by atoms with E-state index in [-0.39, 0.29) is 25.7 Å². The van der Waals surface area contributed by atoms with Crippen LogP contribution in [0.15, 0.2) is 24.3 Å². The third-order valence-corrected chi connectivity index (χ3v) is 2.86. The summed E-state index contributed by atoms with van der Waals surface area (Å²) in [6, 6.07) is 6.97. The maximum atomic E-state index is 11.8. The van der Waals surface area contributed by atoms with E-state index in [1.165, 1.54) is 6.92 Å². The maximum absolute atomic E-state index is 11.8. The number of hydrogen-bond acceptors (Lipinski definition) is 4. The van der Waals surface area contributed by atoms with E-state index in [0.717, 1.165) is 5.56 Å². The molecule has 0 atom stereocenters. The van der Waals surface area contributed by atoms with Crippen LogP contribution >= 0.6 is 0 Å². The standard InChI is InChI=1S/C14H20N2O4/c1-10-3-5-11(6-4-10)13(20)15-7-12(19)16-14(2,8-17)9-18/h3-6,17-18H,7-9H2,1-2H3,(H,15,20)(H,16,19). The first-order valence-electron chi connectivity index (χ1n) is 6.28. The summed E-state index contributed by atoms with van der Waals surface area (Å²) >= 11 is 0. The van der Waals surface area contributed by atoms with Crippen molar-refractivity contribution in [2.75, 3.05) is 19.8 Å². The van der Waals surface area contributed by atoms with Crippen LogP contribution in [0.3, 0.4) is 0 Å². The summed E-state index contributed by atoms with van der Waals surface area (Å²) in [4.78, 5) is 23.4. The molecule has 0 aliphatic rings. The van der Waals surface area contributed by atoms with E-state index in [1.807, 2.05) is 19.1 Å². The molecule has 0 saturated heterocycles. The fraction of sp³-hybridized carbons (Fsp3) is 0.429. The van der Waals surface area contributed by atoms with Gasteiger partial charge in [-0.15, -0.1) is 0 Å². The molecule has 4 N–H and O–H groups in total. The SMILES string of the molecule is Cc1ccc(C(=O)NCC(=O)NC(C)(CO)CO)cc1. The Hall–Kier alpha value is -1.92. The Morgan fingerprint density at radius 2 is 1.70 bits per heavy atom. The molecule has 6 nitrogen and oxygen atoms in total. The van der Waals surface area contributed by atoms with Gasteiger partial charge in [-0.3, -0.25) is 9.59 Å². The minimum absolute atomic E-state index is 0.220. The van der Waals surface area contributed by atoms with Gasteiger partial charge in [0.05, 0.1) is 25.3 Å². The molecule has 0 unspecified atom stereocenters. The lowest BCUT2D eigenvalue weighted by Gasteiger charge is -2.26. The maximum Gasteiger partial charge on any atom is 0.251 e. The van der Waals surface area contributed by atoms with E-state index in [2.05, 4.69) is 10.6 Å². The van der Waals surface area contributed by atoms with Gasteiger partial charge in [-0.05, 0) is 26.0 Å². The largest absolute Gasteiger partial charge is 0.394 e. The molecule has 0 fully saturated rings. The fourth-order valence-electron chi connectivity index (χ4n) is 1.48. The Labute approximate surface area is 117 Å². The van der Waals surface area contributed by atoms with E-state index in [0.29, 0.717) is 5.56 Å². The number of carbonyl (C=O) groups is 2. The molecule has 0 bridgehead atoms. The van der Waals surface area contributed by atoms with Gasteiger partial charge < -0.3 is 20.8 Å². The Bertz CT molecular complexity index is 467. The molecule has 0 aromatic heterocycles. The zero-order valence-electron chi connectivity index (χ0n) is 11.6. The monoisotopic (exact) mass is 280 g/mol. The summed E-state index contributed by atoms with van der Waals surface area (Å²) in [6.45, 7) is 2.43. The topological polar surface area (TPSA) is 98.7 Å². The third-order valence-electron chi connectivity index (χ3n) is 2.86. The summed E-state index contributed by atoms with van der Waals surface area (Å²) in [6.07, 6.45) is 0. The molecule has 2 amide bonds. The lowest BCUT2D eigenvalue weighted by molar-refractivity contribution is -0.123. The second-order valence-electron chi connectivity index (χ2n) is 4.97. The molecule has 1 aromatic carbocycles. The predicted molar refractivity (Wildman–Crippen MR) is 74.2 cm³/mol. The van der Waals surface area contributed by atoms with Gasteiger partial charge in [0.2, 0.25) is 5.91 Å². The number of rotatable bonds is 6. The zero-order chi connectivity index (χ0) is 15.2. The van der Waals surface area contributed by atoms with Gasteiger partial charge in [0.25, 0.3) is 5.91 Å². The number of nitrogens with one attached hydrogen (secondary N) is 2. The first-order valence-corrected chi connectivity index (χ1v) is 6.28. The molecule has 20 heavy (non-hydrogen) atoms. The molecule has 0 spiro atoms. The van der Waals surface area contributed by atoms with E-state index in [1.54, 1.807) is 12.1 Å². The molecular formula is C14H20N2O4. The predicted octanol–water partition coefficient (Wildman–Crippen LogP) is -0.416. The number of aliphatic hydroxyl groups excluding tert-OH is 2. The number of aryl methyl sites for hydroxylation is 1. The van der Waals surface area contributed by atoms with Crippen LogP contribution in [0.5, 0.6) is 0 Å². The molecule has 0 heterocycles. The molecule has 0 saturated carbocycles. The van der Waals surface area contributed by atoms with Crippen molar-refractivity contribution in [2.24, 2.45) is 0 Å². The van der Waals surface area contributed by atoms with E-state index < -0.39 is 11.4 Å². The van der Waals surface area contributed by atoms with Gasteiger partial charge in [-0.1, -0.05) is 17.7 Å². The quantitative estimate of drug-likeness (QED) is 0.569. The lowest BCUT2D eigenvalue weighted by Crippen LogP contribution is -2.54. The Morgan fingerprint density at radius 3 is 2.20 bits per heavy atom. The summed E-state index contributed by atoms with van der Waals surface area (Å²) in [7, 11) is 0. The van der Waals surface area contributed by atoms with Crippen LogP contribution in [-0.2, 0) is 4.79 Å². The smallest absolute Gasteiger partial charge is 0.251 e. The zero-order valence-corrected chi connectivity index (χ0v) is 11.6. The average molecular weight is 280 g/mol. The number of amides is 2. The van der Waals surface area contributed by atoms with Crippen molar-refractivity contribution < 1.29 is 19.8 Å². The third kappa shape index (κ3) is 4.64. The van der Waals surface area contributed by atoms with Crippen molar-refractivity contribution in [3.05, 3.63) is 35.4 Å². The highest BCUT2D eigenvalue weighted by atomic mass is 16.3. The minimum Gasteiger partial charge on any atom is -0.394 e. The second-order valence-corrected chi connectivity index (χ2v) is 4.97. The lowest BCUT2D eigenvalue weighted by atomic mass is 10.1. The van der Waals surface area contributed by atoms with Gasteiger partial charge >= 0.3 is 0 Å². The number of carbonyl (C=O) groups excluding carboxylic acids is 2. The number of aliphatic hydroxyl groups is 2. The van der Waals surface area contributed by atoms with Crippen LogP contribution < -0.4 is 10.6 Å². The summed E-state index contributed by atoms with van der Waals surface area (Å²) < 4.78 is 0. The van der Waals surface area contributed by atoms with E-state index >= 15 is 0 Å². The van der Waals surface area contributed by atoms with Crippen molar-refractivity contribution in [3.8, 4) is 0 Å². The van der Waals surface area contributed by atoms with Gasteiger partial charge in [-0.2, -0.15) is 0 Å². The van der Waals surface area contributed by atoms with Gasteiger partial charge in [0.1, 0.15) is 0 Å². The number of benzene rings is 1. The molecule has 1 aromatic rings. The normalized spacial score (nSPS) is 11.0. The highest BCUT2D eigenvalue weighted by Gasteiger charge is 2.24. The molecule has 0 radical (unpaired) electrons. The van der Waals surface area contributed by atoms with Crippen LogP contribution in [-0.4, -0.2) is 47.3 Å². The molecule has 0 aliphatic carbocycles. The highest BCUT2D eigenvalue weighted by Crippen LogP contribution is 2.03. The van der Waals surface area contributed by atoms with Crippen LogP contribution in [0.25, 0.3) is 0 Å². The second kappa shape index (κ2) is 7.02. The van der Waals surface area contributed by atoms with E-state index in [4.69, 9.17) is 10.2 Å². The summed E-state index contributed by atoms with van der Waals surface area (Å²) in [5.41, 5.74) is 0.419. The van der Waals surface area contributed by atoms with Gasteiger partial charge in [0.15, 0.2) is 0 Å². The van der Waals surface area contributed by atoms with Gasteiger partial charge in [-0.25, -0.2) is 0 Å². The first-order chi connectivity index (χ1) is 9.40. The molecule has 110 valence electrons. The van der Waals surface area contributed by atoms with Crippen LogP contribution in [0.1, 0.15) is 22.8 Å². The fourth-order valence-corrected chi connectivity index (χ4v) is 1.48. The molecule has 1 rings (SSSR count). The number of hydrogen-bond donors (Lipinski definition) is 4. The summed E-state index contributed by atoms with van der Waals surface area (Å²) in [5, 5.41) is 23.0. The highest BCUT2D eigenvalue weighted by molar-refractivity contribution is 5.96. The van der Waals surface area contributed by atoms with E-state index in [9.17, 15) is 9.59 Å². The Kier molecular flexibility index (Phi) is 5.66.